The van der Waals surface area contributed by atoms with Crippen molar-refractivity contribution in [3.8, 4) is 17.2 Å². The first kappa shape index (κ1) is 18.6. The van der Waals surface area contributed by atoms with Gasteiger partial charge in [0.25, 0.3) is 0 Å². The zero-order chi connectivity index (χ0) is 19.4. The largest absolute Gasteiger partial charge is 0.497 e. The minimum absolute atomic E-state index is 0.121. The Morgan fingerprint density at radius 2 is 1.78 bits per heavy atom. The van der Waals surface area contributed by atoms with Crippen LogP contribution in [0.4, 0.5) is 11.4 Å². The number of hydrogen-bond donors (Lipinski definition) is 1. The highest BCUT2D eigenvalue weighted by atomic mass is 16.5. The Hall–Kier alpha value is -3.22. The van der Waals surface area contributed by atoms with Crippen molar-refractivity contribution in [1.29, 1.82) is 0 Å². The molecular formula is C20H22N2O5. The number of ether oxygens (including phenoxy) is 3. The van der Waals surface area contributed by atoms with Crippen molar-refractivity contribution < 1.29 is 23.8 Å². The standard InChI is InChI=1S/C20H22N2O5/c1-25-15-6-4-5-14(10-15)21-20(24)13-9-19(23)22(12-13)17-8-7-16(26-2)11-18(17)27-3/h4-8,10-11,13H,9,12H2,1-3H3,(H,21,24). The van der Waals surface area contributed by atoms with Gasteiger partial charge >= 0.3 is 0 Å². The molecule has 1 N–H and O–H groups in total. The first-order valence-corrected chi connectivity index (χ1v) is 8.53. The van der Waals surface area contributed by atoms with Crippen LogP contribution < -0.4 is 24.4 Å². The van der Waals surface area contributed by atoms with Gasteiger partial charge in [0.1, 0.15) is 17.2 Å². The van der Waals surface area contributed by atoms with E-state index in [2.05, 4.69) is 5.32 Å². The number of rotatable bonds is 6. The molecule has 0 spiro atoms. The second kappa shape index (κ2) is 7.99. The van der Waals surface area contributed by atoms with Gasteiger partial charge in [0.05, 0.1) is 32.9 Å². The fourth-order valence-corrected chi connectivity index (χ4v) is 3.07. The molecule has 1 fully saturated rings. The van der Waals surface area contributed by atoms with Gasteiger partial charge in [-0.05, 0) is 24.3 Å². The maximum atomic E-state index is 12.6. The van der Waals surface area contributed by atoms with Gasteiger partial charge in [0.15, 0.2) is 0 Å². The van der Waals surface area contributed by atoms with Crippen LogP contribution in [0.2, 0.25) is 0 Å². The van der Waals surface area contributed by atoms with Crippen molar-refractivity contribution in [3.63, 3.8) is 0 Å². The van der Waals surface area contributed by atoms with Crippen molar-refractivity contribution in [3.05, 3.63) is 42.5 Å². The summed E-state index contributed by atoms with van der Waals surface area (Å²) in [6.07, 6.45) is 0.144. The fraction of sp³-hybridized carbons (Fsp3) is 0.300. The second-order valence-electron chi connectivity index (χ2n) is 6.16. The highest BCUT2D eigenvalue weighted by molar-refractivity contribution is 6.04. The molecule has 27 heavy (non-hydrogen) atoms. The van der Waals surface area contributed by atoms with E-state index in [0.717, 1.165) is 0 Å². The number of anilines is 2. The molecule has 1 saturated heterocycles. The maximum Gasteiger partial charge on any atom is 0.229 e. The van der Waals surface area contributed by atoms with Gasteiger partial charge in [-0.2, -0.15) is 0 Å². The molecule has 3 rings (SSSR count). The fourth-order valence-electron chi connectivity index (χ4n) is 3.07. The lowest BCUT2D eigenvalue weighted by Crippen LogP contribution is -2.28. The topological polar surface area (TPSA) is 77.1 Å². The van der Waals surface area contributed by atoms with Crippen LogP contribution in [0.15, 0.2) is 42.5 Å². The summed E-state index contributed by atoms with van der Waals surface area (Å²) in [6, 6.07) is 12.3. The molecule has 1 atom stereocenters. The molecule has 0 aliphatic carbocycles. The van der Waals surface area contributed by atoms with Crippen molar-refractivity contribution in [2.75, 3.05) is 38.1 Å². The second-order valence-corrected chi connectivity index (χ2v) is 6.16. The Labute approximate surface area is 157 Å². The summed E-state index contributed by atoms with van der Waals surface area (Å²) in [4.78, 5) is 26.7. The summed E-state index contributed by atoms with van der Waals surface area (Å²) in [5, 5.41) is 2.85. The summed E-state index contributed by atoms with van der Waals surface area (Å²) in [5.74, 6) is 1.04. The van der Waals surface area contributed by atoms with Crippen LogP contribution >= 0.6 is 0 Å². The lowest BCUT2D eigenvalue weighted by molar-refractivity contribution is -0.122. The lowest BCUT2D eigenvalue weighted by Gasteiger charge is -2.20. The van der Waals surface area contributed by atoms with E-state index in [1.165, 1.54) is 7.11 Å². The zero-order valence-corrected chi connectivity index (χ0v) is 15.5. The molecule has 0 saturated carbocycles. The van der Waals surface area contributed by atoms with E-state index in [0.29, 0.717) is 28.6 Å². The summed E-state index contributed by atoms with van der Waals surface area (Å²) in [5.41, 5.74) is 1.26. The van der Waals surface area contributed by atoms with Gasteiger partial charge in [-0.15, -0.1) is 0 Å². The van der Waals surface area contributed by atoms with Crippen molar-refractivity contribution in [2.45, 2.75) is 6.42 Å². The number of methoxy groups -OCH3 is 3. The normalized spacial score (nSPS) is 16.2. The molecule has 0 aromatic heterocycles. The number of amides is 2. The molecule has 2 aromatic rings. The van der Waals surface area contributed by atoms with Crippen LogP contribution in [-0.4, -0.2) is 39.7 Å². The van der Waals surface area contributed by atoms with Crippen LogP contribution in [-0.2, 0) is 9.59 Å². The number of carbonyl (C=O) groups excluding carboxylic acids is 2. The van der Waals surface area contributed by atoms with Gasteiger partial charge in [0, 0.05) is 30.8 Å². The molecular weight excluding hydrogens is 348 g/mol. The minimum Gasteiger partial charge on any atom is -0.497 e. The molecule has 2 amide bonds. The minimum atomic E-state index is -0.449. The molecule has 2 aromatic carbocycles. The van der Waals surface area contributed by atoms with E-state index in [-0.39, 0.29) is 24.8 Å². The summed E-state index contributed by atoms with van der Waals surface area (Å²) >= 11 is 0. The highest BCUT2D eigenvalue weighted by Crippen LogP contribution is 2.36. The number of hydrogen-bond acceptors (Lipinski definition) is 5. The number of nitrogens with zero attached hydrogens (tertiary/aromatic N) is 1. The van der Waals surface area contributed by atoms with Crippen LogP contribution in [0, 0.1) is 5.92 Å². The summed E-state index contributed by atoms with van der Waals surface area (Å²) in [6.45, 7) is 0.289. The Balaban J connectivity index is 1.74. The molecule has 0 bridgehead atoms. The first-order chi connectivity index (χ1) is 13.0. The van der Waals surface area contributed by atoms with Gasteiger partial charge < -0.3 is 24.4 Å². The van der Waals surface area contributed by atoms with E-state index in [9.17, 15) is 9.59 Å². The quantitative estimate of drug-likeness (QED) is 0.846. The van der Waals surface area contributed by atoms with Crippen molar-refractivity contribution >= 4 is 23.2 Å². The van der Waals surface area contributed by atoms with E-state index in [4.69, 9.17) is 14.2 Å². The number of nitrogens with one attached hydrogen (secondary N) is 1. The lowest BCUT2D eigenvalue weighted by atomic mass is 10.1. The number of carbonyl (C=O) groups is 2. The van der Waals surface area contributed by atoms with Gasteiger partial charge in [0.2, 0.25) is 11.8 Å². The number of benzene rings is 2. The van der Waals surface area contributed by atoms with E-state index < -0.39 is 5.92 Å². The average Bonchev–Trinajstić information content (AvgIpc) is 3.09. The Morgan fingerprint density at radius 3 is 2.48 bits per heavy atom. The molecule has 1 heterocycles. The Morgan fingerprint density at radius 1 is 1.04 bits per heavy atom. The third-order valence-corrected chi connectivity index (χ3v) is 4.51. The SMILES string of the molecule is COc1cccc(NC(=O)C2CC(=O)N(c3ccc(OC)cc3OC)C2)c1. The molecule has 1 aliphatic heterocycles. The van der Waals surface area contributed by atoms with Gasteiger partial charge in [-0.3, -0.25) is 9.59 Å². The molecule has 142 valence electrons. The predicted octanol–water partition coefficient (Wildman–Crippen LogP) is 2.70. The van der Waals surface area contributed by atoms with E-state index >= 15 is 0 Å². The molecule has 7 nitrogen and oxygen atoms in total. The average molecular weight is 370 g/mol. The van der Waals surface area contributed by atoms with Gasteiger partial charge in [-0.25, -0.2) is 0 Å². The third kappa shape index (κ3) is 3.97. The van der Waals surface area contributed by atoms with Crippen LogP contribution in [0.3, 0.4) is 0 Å². The van der Waals surface area contributed by atoms with Crippen molar-refractivity contribution in [2.24, 2.45) is 5.92 Å². The maximum absolute atomic E-state index is 12.6. The Kier molecular flexibility index (Phi) is 5.49. The van der Waals surface area contributed by atoms with Gasteiger partial charge in [-0.1, -0.05) is 6.07 Å². The monoisotopic (exact) mass is 370 g/mol. The predicted molar refractivity (Wildman–Crippen MR) is 102 cm³/mol. The first-order valence-electron chi connectivity index (χ1n) is 8.53. The summed E-state index contributed by atoms with van der Waals surface area (Å²) in [7, 11) is 4.66. The molecule has 1 unspecified atom stereocenters. The Bertz CT molecular complexity index is 852. The van der Waals surface area contributed by atoms with Crippen LogP contribution in [0.1, 0.15) is 6.42 Å². The highest BCUT2D eigenvalue weighted by Gasteiger charge is 2.36. The molecule has 7 heteroatoms. The third-order valence-electron chi connectivity index (χ3n) is 4.51. The molecule has 1 aliphatic rings. The smallest absolute Gasteiger partial charge is 0.229 e. The van der Waals surface area contributed by atoms with E-state index in [1.807, 2.05) is 0 Å². The van der Waals surface area contributed by atoms with E-state index in [1.54, 1.807) is 61.6 Å². The summed E-state index contributed by atoms with van der Waals surface area (Å²) < 4.78 is 15.7. The van der Waals surface area contributed by atoms with Crippen LogP contribution in [0.5, 0.6) is 17.2 Å². The molecule has 0 radical (unpaired) electrons. The van der Waals surface area contributed by atoms with Crippen LogP contribution in [0.25, 0.3) is 0 Å². The zero-order valence-electron chi connectivity index (χ0n) is 15.5. The van der Waals surface area contributed by atoms with Crippen molar-refractivity contribution in [1.82, 2.24) is 0 Å².